The molecule has 0 bridgehead atoms. The molecule has 2 heteroatoms. The molecule has 0 unspecified atom stereocenters. The molecule has 0 aliphatic heterocycles. The van der Waals surface area contributed by atoms with Gasteiger partial charge in [0.1, 0.15) is 0 Å². The second-order valence-electron chi connectivity index (χ2n) is 7.02. The fourth-order valence-corrected chi connectivity index (χ4v) is 2.22. The summed E-state index contributed by atoms with van der Waals surface area (Å²) in [4.78, 5) is 5.87. The van der Waals surface area contributed by atoms with E-state index in [9.17, 15) is 0 Å². The van der Waals surface area contributed by atoms with Gasteiger partial charge in [-0.15, -0.1) is 0 Å². The van der Waals surface area contributed by atoms with Crippen molar-refractivity contribution in [2.75, 3.05) is 6.54 Å². The Hall–Kier alpha value is -0.0800. The molecule has 1 N–H and O–H groups in total. The van der Waals surface area contributed by atoms with Crippen molar-refractivity contribution >= 4 is 0 Å². The summed E-state index contributed by atoms with van der Waals surface area (Å²) in [5.41, 5.74) is 3.51. The zero-order valence-corrected chi connectivity index (χ0v) is 11.2. The minimum absolute atomic E-state index is 0.175. The van der Waals surface area contributed by atoms with Gasteiger partial charge in [-0.2, -0.15) is 0 Å². The first-order valence-electron chi connectivity index (χ1n) is 6.10. The summed E-state index contributed by atoms with van der Waals surface area (Å²) in [5.74, 6) is 0.866. The molecule has 0 aromatic heterocycles. The van der Waals surface area contributed by atoms with Crippen LogP contribution in [0.2, 0.25) is 0 Å². The van der Waals surface area contributed by atoms with E-state index in [2.05, 4.69) is 47.0 Å². The fourth-order valence-electron chi connectivity index (χ4n) is 2.22. The topological polar surface area (TPSA) is 21.3 Å². The van der Waals surface area contributed by atoms with E-state index in [0.717, 1.165) is 12.5 Å². The summed E-state index contributed by atoms with van der Waals surface area (Å²) in [6.45, 7) is 14.4. The zero-order valence-electron chi connectivity index (χ0n) is 11.2. The van der Waals surface area contributed by atoms with Crippen molar-refractivity contribution in [1.82, 2.24) is 5.48 Å². The van der Waals surface area contributed by atoms with Crippen LogP contribution in [0, 0.1) is 16.7 Å². The van der Waals surface area contributed by atoms with E-state index in [1.54, 1.807) is 0 Å². The minimum atomic E-state index is 0.175. The van der Waals surface area contributed by atoms with Crippen molar-refractivity contribution in [3.05, 3.63) is 0 Å². The van der Waals surface area contributed by atoms with E-state index < -0.39 is 0 Å². The highest BCUT2D eigenvalue weighted by molar-refractivity contribution is 4.84. The Morgan fingerprint density at radius 3 is 1.87 bits per heavy atom. The number of hydrogen-bond acceptors (Lipinski definition) is 2. The predicted molar refractivity (Wildman–Crippen MR) is 64.5 cm³/mol. The summed E-state index contributed by atoms with van der Waals surface area (Å²) < 4.78 is 0. The van der Waals surface area contributed by atoms with Crippen LogP contribution in [0.15, 0.2) is 0 Å². The average molecular weight is 213 g/mol. The molecule has 1 saturated carbocycles. The third-order valence-electron chi connectivity index (χ3n) is 2.84. The van der Waals surface area contributed by atoms with Crippen LogP contribution in [0.1, 0.15) is 54.4 Å². The molecule has 0 spiro atoms. The second kappa shape index (κ2) is 4.42. The standard InChI is InChI=1S/C13H27NO/c1-12(2,3)11(13(4,5)6)15-14-9-10-7-8-10/h10-11,14H,7-9H2,1-6H3. The van der Waals surface area contributed by atoms with Gasteiger partial charge < -0.3 is 0 Å². The lowest BCUT2D eigenvalue weighted by Crippen LogP contribution is -2.44. The summed E-state index contributed by atoms with van der Waals surface area (Å²) in [5, 5.41) is 0. The molecule has 1 aliphatic carbocycles. The van der Waals surface area contributed by atoms with E-state index in [1.165, 1.54) is 12.8 Å². The first-order chi connectivity index (χ1) is 6.71. The zero-order chi connectivity index (χ0) is 11.7. The van der Waals surface area contributed by atoms with Crippen molar-refractivity contribution in [3.8, 4) is 0 Å². The Kier molecular flexibility index (Phi) is 3.83. The maximum absolute atomic E-state index is 5.87. The lowest BCUT2D eigenvalue weighted by molar-refractivity contribution is -0.130. The van der Waals surface area contributed by atoms with Gasteiger partial charge in [0.25, 0.3) is 0 Å². The summed E-state index contributed by atoms with van der Waals surface area (Å²) >= 11 is 0. The maximum Gasteiger partial charge on any atom is 0.0886 e. The molecule has 0 aromatic rings. The first-order valence-corrected chi connectivity index (χ1v) is 6.10. The lowest BCUT2D eigenvalue weighted by atomic mass is 9.74. The average Bonchev–Trinajstić information content (AvgIpc) is 2.75. The largest absolute Gasteiger partial charge is 0.297 e. The van der Waals surface area contributed by atoms with Gasteiger partial charge in [-0.3, -0.25) is 4.84 Å². The Balaban J connectivity index is 2.41. The van der Waals surface area contributed by atoms with Crippen molar-refractivity contribution < 1.29 is 4.84 Å². The van der Waals surface area contributed by atoms with Crippen molar-refractivity contribution in [1.29, 1.82) is 0 Å². The molecular formula is C13H27NO. The van der Waals surface area contributed by atoms with Gasteiger partial charge in [0.2, 0.25) is 0 Å². The van der Waals surface area contributed by atoms with Crippen LogP contribution in [0.3, 0.4) is 0 Å². The monoisotopic (exact) mass is 213 g/mol. The fraction of sp³-hybridized carbons (Fsp3) is 1.00. The highest BCUT2D eigenvalue weighted by Gasteiger charge is 2.36. The molecule has 0 radical (unpaired) electrons. The highest BCUT2D eigenvalue weighted by Crippen LogP contribution is 2.35. The molecule has 0 atom stereocenters. The van der Waals surface area contributed by atoms with Crippen molar-refractivity contribution in [2.24, 2.45) is 16.7 Å². The molecule has 1 rings (SSSR count). The normalized spacial score (nSPS) is 18.6. The molecule has 1 fully saturated rings. The molecule has 0 aromatic carbocycles. The van der Waals surface area contributed by atoms with Crippen LogP contribution in [0.25, 0.3) is 0 Å². The van der Waals surface area contributed by atoms with E-state index in [4.69, 9.17) is 4.84 Å². The number of hydroxylamine groups is 1. The molecule has 0 amide bonds. The van der Waals surface area contributed by atoms with Gasteiger partial charge >= 0.3 is 0 Å². The quantitative estimate of drug-likeness (QED) is 0.723. The summed E-state index contributed by atoms with van der Waals surface area (Å²) in [6, 6.07) is 0. The van der Waals surface area contributed by atoms with Gasteiger partial charge in [0, 0.05) is 6.54 Å². The second-order valence-corrected chi connectivity index (χ2v) is 7.02. The Morgan fingerprint density at radius 1 is 1.07 bits per heavy atom. The van der Waals surface area contributed by atoms with E-state index in [1.807, 2.05) is 0 Å². The number of hydrogen-bond donors (Lipinski definition) is 1. The Labute approximate surface area is 94.7 Å². The predicted octanol–water partition coefficient (Wildman–Crippen LogP) is 3.38. The molecule has 0 heterocycles. The maximum atomic E-state index is 5.87. The van der Waals surface area contributed by atoms with E-state index >= 15 is 0 Å². The molecular weight excluding hydrogens is 186 g/mol. The lowest BCUT2D eigenvalue weighted by Gasteiger charge is -2.39. The number of nitrogens with one attached hydrogen (secondary N) is 1. The van der Waals surface area contributed by atoms with Crippen molar-refractivity contribution in [2.45, 2.75) is 60.5 Å². The van der Waals surface area contributed by atoms with Crippen LogP contribution < -0.4 is 5.48 Å². The third kappa shape index (κ3) is 4.52. The molecule has 15 heavy (non-hydrogen) atoms. The summed E-state index contributed by atoms with van der Waals surface area (Å²) in [6.07, 6.45) is 2.97. The van der Waals surface area contributed by atoms with Crippen LogP contribution in [-0.4, -0.2) is 12.6 Å². The van der Waals surface area contributed by atoms with Gasteiger partial charge in [-0.25, -0.2) is 5.48 Å². The Morgan fingerprint density at radius 2 is 1.53 bits per heavy atom. The highest BCUT2D eigenvalue weighted by atomic mass is 16.7. The van der Waals surface area contributed by atoms with Gasteiger partial charge in [0.05, 0.1) is 6.10 Å². The third-order valence-corrected chi connectivity index (χ3v) is 2.84. The van der Waals surface area contributed by atoms with Crippen LogP contribution in [-0.2, 0) is 4.84 Å². The van der Waals surface area contributed by atoms with Gasteiger partial charge in [-0.05, 0) is 29.6 Å². The van der Waals surface area contributed by atoms with Crippen LogP contribution in [0.4, 0.5) is 0 Å². The number of rotatable bonds is 4. The smallest absolute Gasteiger partial charge is 0.0886 e. The van der Waals surface area contributed by atoms with Gasteiger partial charge in [0.15, 0.2) is 0 Å². The summed E-state index contributed by atoms with van der Waals surface area (Å²) in [7, 11) is 0. The van der Waals surface area contributed by atoms with Crippen LogP contribution in [0.5, 0.6) is 0 Å². The molecule has 2 nitrogen and oxygen atoms in total. The van der Waals surface area contributed by atoms with Gasteiger partial charge in [-0.1, -0.05) is 41.5 Å². The van der Waals surface area contributed by atoms with Crippen molar-refractivity contribution in [3.63, 3.8) is 0 Å². The SMILES string of the molecule is CC(C)(C)C(ONCC1CC1)C(C)(C)C. The van der Waals surface area contributed by atoms with Crippen LogP contribution >= 0.6 is 0 Å². The molecule has 1 aliphatic rings. The molecule has 90 valence electrons. The minimum Gasteiger partial charge on any atom is -0.297 e. The van der Waals surface area contributed by atoms with E-state index in [0.29, 0.717) is 0 Å². The van der Waals surface area contributed by atoms with E-state index in [-0.39, 0.29) is 16.9 Å². The Bertz CT molecular complexity index is 182. The molecule has 0 saturated heterocycles. The first kappa shape index (κ1) is 13.0.